The third-order valence-electron chi connectivity index (χ3n) is 3.60. The molecule has 0 aliphatic carbocycles. The molecule has 0 aromatic carbocycles. The predicted molar refractivity (Wildman–Crippen MR) is 105 cm³/mol. The highest BCUT2D eigenvalue weighted by molar-refractivity contribution is 7.10. The number of carbonyl (C=O) groups is 2. The first kappa shape index (κ1) is 19.1. The molecule has 0 aliphatic heterocycles. The number of hydrazine groups is 1. The zero-order valence-electron chi connectivity index (χ0n) is 14.2. The zero-order chi connectivity index (χ0) is 19.4. The van der Waals surface area contributed by atoms with Gasteiger partial charge in [-0.3, -0.25) is 15.0 Å². The van der Waals surface area contributed by atoms with Crippen molar-refractivity contribution in [1.29, 1.82) is 0 Å². The van der Waals surface area contributed by atoms with E-state index in [-0.39, 0.29) is 11.3 Å². The summed E-state index contributed by atoms with van der Waals surface area (Å²) in [4.78, 5) is 28.3. The number of anilines is 1. The maximum atomic E-state index is 12.9. The molecule has 2 amide bonds. The Morgan fingerprint density at radius 1 is 1.48 bits per heavy atom. The van der Waals surface area contributed by atoms with Crippen molar-refractivity contribution >= 4 is 54.4 Å². The fraction of sp³-hybridized carbons (Fsp3) is 0.125. The standard InChI is InChI=1S/C16H14BClN6O2S/c1-9-7-27-12(6-20-21-8-25)14(9)22-16(26)11-5-13(17)23-24(11)15-10(18)3-2-4-19-15/h2-5,7-8,20H,6H2,1H3,(H,21,25)(H,22,26). The van der Waals surface area contributed by atoms with Crippen molar-refractivity contribution in [2.75, 3.05) is 5.32 Å². The van der Waals surface area contributed by atoms with E-state index in [0.717, 1.165) is 10.4 Å². The second kappa shape index (κ2) is 8.34. The molecule has 0 saturated heterocycles. The summed E-state index contributed by atoms with van der Waals surface area (Å²) >= 11 is 7.63. The van der Waals surface area contributed by atoms with Crippen LogP contribution in [0.2, 0.25) is 5.02 Å². The summed E-state index contributed by atoms with van der Waals surface area (Å²) in [7, 11) is 5.79. The molecule has 136 valence electrons. The van der Waals surface area contributed by atoms with Crippen LogP contribution in [-0.4, -0.2) is 34.9 Å². The molecule has 0 spiro atoms. The first-order valence-corrected chi connectivity index (χ1v) is 9.03. The van der Waals surface area contributed by atoms with Crippen LogP contribution in [0, 0.1) is 6.92 Å². The molecule has 0 atom stereocenters. The molecular formula is C16H14BClN6O2S. The van der Waals surface area contributed by atoms with E-state index in [4.69, 9.17) is 19.4 Å². The molecule has 3 aromatic heterocycles. The molecule has 3 aromatic rings. The summed E-state index contributed by atoms with van der Waals surface area (Å²) < 4.78 is 1.31. The summed E-state index contributed by atoms with van der Waals surface area (Å²) in [5, 5.41) is 9.25. The van der Waals surface area contributed by atoms with Gasteiger partial charge in [-0.15, -0.1) is 11.3 Å². The summed E-state index contributed by atoms with van der Waals surface area (Å²) in [5.41, 5.74) is 7.03. The lowest BCUT2D eigenvalue weighted by atomic mass is 10.1. The summed E-state index contributed by atoms with van der Waals surface area (Å²) in [5.74, 6) is -0.104. The van der Waals surface area contributed by atoms with E-state index in [1.54, 1.807) is 18.3 Å². The van der Waals surface area contributed by atoms with Gasteiger partial charge in [0.15, 0.2) is 5.82 Å². The van der Waals surface area contributed by atoms with Crippen LogP contribution in [0.15, 0.2) is 29.8 Å². The number of pyridine rings is 1. The third kappa shape index (κ3) is 4.18. The molecule has 0 saturated carbocycles. The fourth-order valence-electron chi connectivity index (χ4n) is 2.40. The number of nitrogens with one attached hydrogen (secondary N) is 3. The van der Waals surface area contributed by atoms with Crippen LogP contribution in [0.5, 0.6) is 0 Å². The Balaban J connectivity index is 1.89. The molecule has 3 heterocycles. The summed E-state index contributed by atoms with van der Waals surface area (Å²) in [6, 6.07) is 4.78. The lowest BCUT2D eigenvalue weighted by Gasteiger charge is -2.11. The predicted octanol–water partition coefficient (Wildman–Crippen LogP) is 1.09. The van der Waals surface area contributed by atoms with Crippen molar-refractivity contribution in [3.8, 4) is 5.82 Å². The van der Waals surface area contributed by atoms with Crippen LogP contribution in [-0.2, 0) is 11.3 Å². The summed E-state index contributed by atoms with van der Waals surface area (Å²) in [6.07, 6.45) is 2.09. The first-order chi connectivity index (χ1) is 13.0. The van der Waals surface area contributed by atoms with Gasteiger partial charge in [0.1, 0.15) is 13.5 Å². The van der Waals surface area contributed by atoms with Crippen LogP contribution in [0.1, 0.15) is 20.9 Å². The largest absolute Gasteiger partial charge is 0.319 e. The monoisotopic (exact) mass is 400 g/mol. The molecule has 8 nitrogen and oxygen atoms in total. The van der Waals surface area contributed by atoms with Gasteiger partial charge in [0.2, 0.25) is 6.41 Å². The normalized spacial score (nSPS) is 10.6. The van der Waals surface area contributed by atoms with E-state index in [2.05, 4.69) is 26.3 Å². The quantitative estimate of drug-likeness (QED) is 0.238. The van der Waals surface area contributed by atoms with Crippen LogP contribution >= 0.6 is 22.9 Å². The Kier molecular flexibility index (Phi) is 5.89. The molecule has 0 unspecified atom stereocenters. The number of hydrogen-bond acceptors (Lipinski definition) is 6. The van der Waals surface area contributed by atoms with E-state index < -0.39 is 5.91 Å². The van der Waals surface area contributed by atoms with Crippen LogP contribution in [0.3, 0.4) is 0 Å². The van der Waals surface area contributed by atoms with E-state index in [1.807, 2.05) is 12.3 Å². The van der Waals surface area contributed by atoms with Gasteiger partial charge in [0, 0.05) is 16.7 Å². The SMILES string of the molecule is [B]c1cc(C(=O)Nc2c(C)csc2CNNC=O)n(-c2ncccc2Cl)n1. The number of thiophene rings is 1. The minimum atomic E-state index is -0.410. The highest BCUT2D eigenvalue weighted by Crippen LogP contribution is 2.28. The molecule has 3 rings (SSSR count). The van der Waals surface area contributed by atoms with Gasteiger partial charge in [-0.25, -0.2) is 15.1 Å². The van der Waals surface area contributed by atoms with Gasteiger partial charge in [-0.1, -0.05) is 11.6 Å². The molecule has 2 radical (unpaired) electrons. The number of halogens is 1. The summed E-state index contributed by atoms with van der Waals surface area (Å²) in [6.45, 7) is 2.24. The molecule has 0 fully saturated rings. The van der Waals surface area contributed by atoms with Crippen molar-refractivity contribution < 1.29 is 9.59 Å². The average molecular weight is 401 g/mol. The van der Waals surface area contributed by atoms with Crippen LogP contribution in [0.4, 0.5) is 5.69 Å². The third-order valence-corrected chi connectivity index (χ3v) is 5.00. The number of carbonyl (C=O) groups excluding carboxylic acids is 2. The average Bonchev–Trinajstić information content (AvgIpc) is 3.19. The fourth-order valence-corrected chi connectivity index (χ4v) is 3.53. The van der Waals surface area contributed by atoms with Gasteiger partial charge in [0.25, 0.3) is 5.91 Å². The van der Waals surface area contributed by atoms with Crippen molar-refractivity contribution in [3.63, 3.8) is 0 Å². The zero-order valence-corrected chi connectivity index (χ0v) is 15.8. The smallest absolute Gasteiger partial charge is 0.274 e. The Hall–Kier alpha value is -2.69. The molecule has 3 N–H and O–H groups in total. The molecular weight excluding hydrogens is 387 g/mol. The Morgan fingerprint density at radius 2 is 2.30 bits per heavy atom. The van der Waals surface area contributed by atoms with Gasteiger partial charge < -0.3 is 5.32 Å². The first-order valence-electron chi connectivity index (χ1n) is 7.78. The lowest BCUT2D eigenvalue weighted by Crippen LogP contribution is -2.29. The number of nitrogens with zero attached hydrogens (tertiary/aromatic N) is 3. The lowest BCUT2D eigenvalue weighted by molar-refractivity contribution is -0.110. The van der Waals surface area contributed by atoms with Crippen LogP contribution < -0.4 is 21.8 Å². The number of hydrogen-bond donors (Lipinski definition) is 3. The highest BCUT2D eigenvalue weighted by atomic mass is 35.5. The van der Waals surface area contributed by atoms with Crippen molar-refractivity contribution in [2.45, 2.75) is 13.5 Å². The van der Waals surface area contributed by atoms with Gasteiger partial charge >= 0.3 is 0 Å². The maximum absolute atomic E-state index is 12.9. The Morgan fingerprint density at radius 3 is 3.04 bits per heavy atom. The van der Waals surface area contributed by atoms with E-state index in [0.29, 0.717) is 29.5 Å². The highest BCUT2D eigenvalue weighted by Gasteiger charge is 2.20. The number of amides is 2. The minimum absolute atomic E-state index is 0.168. The number of aromatic nitrogens is 3. The Bertz CT molecular complexity index is 989. The van der Waals surface area contributed by atoms with Crippen LogP contribution in [0.25, 0.3) is 5.82 Å². The molecule has 0 aliphatic rings. The van der Waals surface area contributed by atoms with Gasteiger partial charge in [0.05, 0.1) is 17.3 Å². The Labute approximate surface area is 165 Å². The van der Waals surface area contributed by atoms with Crippen molar-refractivity contribution in [3.05, 3.63) is 50.9 Å². The van der Waals surface area contributed by atoms with Gasteiger partial charge in [-0.05, 0) is 36.1 Å². The topological polar surface area (TPSA) is 101 Å². The second-order valence-electron chi connectivity index (χ2n) is 5.46. The molecule has 27 heavy (non-hydrogen) atoms. The second-order valence-corrected chi connectivity index (χ2v) is 6.83. The van der Waals surface area contributed by atoms with E-state index in [9.17, 15) is 9.59 Å². The number of aryl methyl sites for hydroxylation is 1. The van der Waals surface area contributed by atoms with Crippen molar-refractivity contribution in [2.24, 2.45) is 0 Å². The number of rotatable bonds is 7. The van der Waals surface area contributed by atoms with Gasteiger partial charge in [-0.2, -0.15) is 5.10 Å². The van der Waals surface area contributed by atoms with E-state index >= 15 is 0 Å². The van der Waals surface area contributed by atoms with E-state index in [1.165, 1.54) is 22.1 Å². The minimum Gasteiger partial charge on any atom is -0.319 e. The molecule has 0 bridgehead atoms. The molecule has 11 heteroatoms. The van der Waals surface area contributed by atoms with Crippen molar-refractivity contribution in [1.82, 2.24) is 25.6 Å². The maximum Gasteiger partial charge on any atom is 0.274 e.